The Bertz CT molecular complexity index is 3400. The Balaban J connectivity index is 1.11. The third kappa shape index (κ3) is 4.33. The van der Waals surface area contributed by atoms with Crippen molar-refractivity contribution in [1.82, 2.24) is 13.7 Å². The molecule has 0 radical (unpaired) electrons. The summed E-state index contributed by atoms with van der Waals surface area (Å²) in [6.07, 6.45) is 0. The van der Waals surface area contributed by atoms with Crippen molar-refractivity contribution in [2.75, 3.05) is 0 Å². The molecule has 0 aliphatic rings. The van der Waals surface area contributed by atoms with Gasteiger partial charge in [-0.15, -0.1) is 0 Å². The first-order valence-electron chi connectivity index (χ1n) is 18.3. The third-order valence-corrected chi connectivity index (χ3v) is 11.1. The highest BCUT2D eigenvalue weighted by molar-refractivity contribution is 6.17. The van der Waals surface area contributed by atoms with E-state index in [-0.39, 0.29) is 0 Å². The zero-order valence-electron chi connectivity index (χ0n) is 29.5. The van der Waals surface area contributed by atoms with Gasteiger partial charge in [-0.05, 0) is 72.3 Å². The zero-order valence-corrected chi connectivity index (χ0v) is 29.5. The number of nitrogens with zero attached hydrogens (tertiary/aromatic N) is 5. The largest absolute Gasteiger partial charge is 0.309 e. The molecule has 5 nitrogen and oxygen atoms in total. The van der Waals surface area contributed by atoms with E-state index in [9.17, 15) is 10.5 Å². The van der Waals surface area contributed by atoms with E-state index >= 15 is 0 Å². The second kappa shape index (κ2) is 11.8. The number of benzene rings is 8. The molecule has 0 unspecified atom stereocenters. The van der Waals surface area contributed by atoms with Crippen molar-refractivity contribution in [2.24, 2.45) is 0 Å². The number of hydrogen-bond acceptors (Lipinski definition) is 2. The Morgan fingerprint density at radius 1 is 0.345 bits per heavy atom. The molecule has 0 saturated heterocycles. The lowest BCUT2D eigenvalue weighted by Crippen LogP contribution is -2.00. The van der Waals surface area contributed by atoms with E-state index in [1.165, 1.54) is 10.8 Å². The molecule has 5 heteroatoms. The molecule has 3 aromatic heterocycles. The molecule has 11 rings (SSSR count). The fourth-order valence-electron chi connectivity index (χ4n) is 8.89. The van der Waals surface area contributed by atoms with Gasteiger partial charge in [0.25, 0.3) is 0 Å². The Hall–Kier alpha value is -7.86. The van der Waals surface area contributed by atoms with Gasteiger partial charge in [-0.1, -0.05) is 109 Å². The summed E-state index contributed by atoms with van der Waals surface area (Å²) in [6, 6.07) is 65.8. The van der Waals surface area contributed by atoms with Gasteiger partial charge in [-0.25, -0.2) is 0 Å². The number of para-hydroxylation sites is 4. The quantitative estimate of drug-likeness (QED) is 0.184. The summed E-state index contributed by atoms with van der Waals surface area (Å²) < 4.78 is 6.85. The second-order valence-electron chi connectivity index (χ2n) is 13.9. The average Bonchev–Trinajstić information content (AvgIpc) is 3.89. The molecular formula is C50H29N5. The second-order valence-corrected chi connectivity index (χ2v) is 13.9. The van der Waals surface area contributed by atoms with Gasteiger partial charge in [0.1, 0.15) is 6.07 Å². The lowest BCUT2D eigenvalue weighted by Gasteiger charge is -2.15. The van der Waals surface area contributed by atoms with Gasteiger partial charge in [0.2, 0.25) is 0 Å². The molecule has 0 aliphatic heterocycles. The van der Waals surface area contributed by atoms with Gasteiger partial charge in [0.05, 0.1) is 61.7 Å². The Labute approximate surface area is 316 Å². The maximum Gasteiger partial charge on any atom is 0.102 e. The lowest BCUT2D eigenvalue weighted by atomic mass is 9.98. The predicted molar refractivity (Wildman–Crippen MR) is 224 cm³/mol. The Morgan fingerprint density at radius 3 is 1.45 bits per heavy atom. The number of nitriles is 2. The number of fused-ring (bicyclic) bond motifs is 9. The summed E-state index contributed by atoms with van der Waals surface area (Å²) in [5.41, 5.74) is 12.4. The molecule has 0 spiro atoms. The van der Waals surface area contributed by atoms with Gasteiger partial charge in [-0.2, -0.15) is 10.5 Å². The van der Waals surface area contributed by atoms with Crippen molar-refractivity contribution in [3.8, 4) is 40.3 Å². The SMILES string of the molecule is N#Cc1c(-c2ccc(-n3c4ccccc4c4c(C#N)cccc43)cc2)cccc1-n1c2ccccc2c2c(-n3c4ccccc4c4ccccc43)cccc21. The molecule has 254 valence electrons. The molecule has 0 fully saturated rings. The fraction of sp³-hybridized carbons (Fsp3) is 0. The van der Waals surface area contributed by atoms with Crippen LogP contribution in [0.1, 0.15) is 11.1 Å². The topological polar surface area (TPSA) is 62.4 Å². The summed E-state index contributed by atoms with van der Waals surface area (Å²) >= 11 is 0. The highest BCUT2D eigenvalue weighted by atomic mass is 15.0. The van der Waals surface area contributed by atoms with Crippen molar-refractivity contribution in [2.45, 2.75) is 0 Å². The molecule has 0 bridgehead atoms. The molecule has 0 saturated carbocycles. The zero-order chi connectivity index (χ0) is 36.6. The van der Waals surface area contributed by atoms with Crippen molar-refractivity contribution in [3.05, 3.63) is 187 Å². The van der Waals surface area contributed by atoms with Crippen LogP contribution in [0.5, 0.6) is 0 Å². The Kier molecular flexibility index (Phi) is 6.61. The van der Waals surface area contributed by atoms with Crippen LogP contribution in [0.2, 0.25) is 0 Å². The van der Waals surface area contributed by atoms with Gasteiger partial charge < -0.3 is 13.7 Å². The molecule has 0 atom stereocenters. The first-order chi connectivity index (χ1) is 27.2. The molecule has 8 aromatic carbocycles. The molecule has 11 aromatic rings. The first kappa shape index (κ1) is 30.7. The molecule has 0 amide bonds. The number of hydrogen-bond donors (Lipinski definition) is 0. The highest BCUT2D eigenvalue weighted by Crippen LogP contribution is 2.41. The van der Waals surface area contributed by atoms with Crippen molar-refractivity contribution >= 4 is 65.4 Å². The summed E-state index contributed by atoms with van der Waals surface area (Å²) in [6.45, 7) is 0. The predicted octanol–water partition coefficient (Wildman–Crippen LogP) is 12.4. The van der Waals surface area contributed by atoms with E-state index in [0.29, 0.717) is 11.1 Å². The third-order valence-electron chi connectivity index (χ3n) is 11.1. The van der Waals surface area contributed by atoms with Gasteiger partial charge in [0, 0.05) is 43.6 Å². The standard InChI is InChI=1S/C50H29N5/c51-30-33-12-9-23-46-49(33)38-15-3-7-20-43(38)53(46)34-28-26-32(27-29-34)35-17-10-22-45(40(35)31-52)55-44-21-8-4-16-39(44)50-47(24-11-25-48(50)55)54-41-18-5-1-13-36(41)37-14-2-6-19-42(37)54/h1-29H. The monoisotopic (exact) mass is 699 g/mol. The maximum atomic E-state index is 10.9. The lowest BCUT2D eigenvalue weighted by molar-refractivity contribution is 1.16. The molecule has 55 heavy (non-hydrogen) atoms. The van der Waals surface area contributed by atoms with Gasteiger partial charge in [0.15, 0.2) is 0 Å². The van der Waals surface area contributed by atoms with Crippen molar-refractivity contribution in [3.63, 3.8) is 0 Å². The molecule has 0 N–H and O–H groups in total. The van der Waals surface area contributed by atoms with E-state index in [1.807, 2.05) is 36.4 Å². The minimum atomic E-state index is 0.607. The van der Waals surface area contributed by atoms with Crippen molar-refractivity contribution in [1.29, 1.82) is 10.5 Å². The van der Waals surface area contributed by atoms with Crippen LogP contribution in [0.3, 0.4) is 0 Å². The Morgan fingerprint density at radius 2 is 0.818 bits per heavy atom. The van der Waals surface area contributed by atoms with Crippen LogP contribution < -0.4 is 0 Å². The van der Waals surface area contributed by atoms with Crippen molar-refractivity contribution < 1.29 is 0 Å². The maximum absolute atomic E-state index is 10.9. The van der Waals surface area contributed by atoms with Crippen LogP contribution in [0.25, 0.3) is 93.6 Å². The van der Waals surface area contributed by atoms with Crippen LogP contribution in [-0.2, 0) is 0 Å². The summed E-state index contributed by atoms with van der Waals surface area (Å²) in [4.78, 5) is 0. The van der Waals surface area contributed by atoms with Crippen LogP contribution in [0, 0.1) is 22.7 Å². The van der Waals surface area contributed by atoms with E-state index in [4.69, 9.17) is 0 Å². The van der Waals surface area contributed by atoms with Crippen LogP contribution in [0.15, 0.2) is 176 Å². The smallest absolute Gasteiger partial charge is 0.102 e. The molecular weight excluding hydrogens is 671 g/mol. The minimum Gasteiger partial charge on any atom is -0.309 e. The molecule has 0 aliphatic carbocycles. The molecule has 3 heterocycles. The average molecular weight is 700 g/mol. The van der Waals surface area contributed by atoms with Crippen LogP contribution in [-0.4, -0.2) is 13.7 Å². The minimum absolute atomic E-state index is 0.607. The summed E-state index contributed by atoms with van der Waals surface area (Å²) in [7, 11) is 0. The first-order valence-corrected chi connectivity index (χ1v) is 18.3. The number of aromatic nitrogens is 3. The highest BCUT2D eigenvalue weighted by Gasteiger charge is 2.22. The van der Waals surface area contributed by atoms with E-state index in [0.717, 1.165) is 82.8 Å². The van der Waals surface area contributed by atoms with E-state index in [1.54, 1.807) is 0 Å². The van der Waals surface area contributed by atoms with Gasteiger partial charge in [-0.3, -0.25) is 0 Å². The number of rotatable bonds is 4. The normalized spacial score (nSPS) is 11.6. The fourth-order valence-corrected chi connectivity index (χ4v) is 8.89. The van der Waals surface area contributed by atoms with E-state index in [2.05, 4.69) is 165 Å². The summed E-state index contributed by atoms with van der Waals surface area (Å²) in [5, 5.41) is 27.6. The summed E-state index contributed by atoms with van der Waals surface area (Å²) in [5.74, 6) is 0. The van der Waals surface area contributed by atoms with Crippen LogP contribution >= 0.6 is 0 Å². The van der Waals surface area contributed by atoms with E-state index < -0.39 is 0 Å². The van der Waals surface area contributed by atoms with Crippen LogP contribution in [0.4, 0.5) is 0 Å². The van der Waals surface area contributed by atoms with Gasteiger partial charge >= 0.3 is 0 Å².